The normalized spacial score (nSPS) is 9.89. The molecule has 0 unspecified atom stereocenters. The van der Waals surface area contributed by atoms with Crippen molar-refractivity contribution in [2.75, 3.05) is 6.54 Å². The predicted molar refractivity (Wildman–Crippen MR) is 66.5 cm³/mol. The summed E-state index contributed by atoms with van der Waals surface area (Å²) in [5.74, 6) is -0.866. The van der Waals surface area contributed by atoms with Gasteiger partial charge in [0.2, 0.25) is 5.91 Å². The molecule has 1 aromatic rings. The van der Waals surface area contributed by atoms with Crippen LogP contribution in [0.15, 0.2) is 24.3 Å². The third kappa shape index (κ3) is 3.32. The Morgan fingerprint density at radius 2 is 2.11 bits per heavy atom. The maximum atomic E-state index is 12.2. The second kappa shape index (κ2) is 5.82. The van der Waals surface area contributed by atoms with Gasteiger partial charge in [-0.25, -0.2) is 0 Å². The number of hydrogen-bond acceptors (Lipinski definition) is 3. The Kier molecular flexibility index (Phi) is 4.44. The Morgan fingerprint density at radius 1 is 1.44 bits per heavy atom. The predicted octanol–water partition coefficient (Wildman–Crippen LogP) is 0.894. The van der Waals surface area contributed by atoms with E-state index < -0.39 is 5.91 Å². The van der Waals surface area contributed by atoms with Gasteiger partial charge in [0.25, 0.3) is 5.91 Å². The van der Waals surface area contributed by atoms with Crippen LogP contribution >= 0.6 is 0 Å². The summed E-state index contributed by atoms with van der Waals surface area (Å²) < 4.78 is 0. The summed E-state index contributed by atoms with van der Waals surface area (Å²) in [6, 6.07) is 8.18. The zero-order valence-corrected chi connectivity index (χ0v) is 10.4. The fourth-order valence-electron chi connectivity index (χ4n) is 1.54. The SMILES string of the molecule is CC(C)N(CC(N)=O)C(=O)c1cccc(C#N)c1. The number of hydrogen-bond donors (Lipinski definition) is 1. The van der Waals surface area contributed by atoms with Crippen LogP contribution in [0.1, 0.15) is 29.8 Å². The first-order chi connectivity index (χ1) is 8.45. The summed E-state index contributed by atoms with van der Waals surface area (Å²) in [6.07, 6.45) is 0. The molecule has 0 bridgehead atoms. The van der Waals surface area contributed by atoms with E-state index in [4.69, 9.17) is 11.0 Å². The van der Waals surface area contributed by atoms with Crippen LogP contribution in [0.5, 0.6) is 0 Å². The maximum absolute atomic E-state index is 12.2. The van der Waals surface area contributed by atoms with Crippen LogP contribution < -0.4 is 5.73 Å². The fourth-order valence-corrected chi connectivity index (χ4v) is 1.54. The van der Waals surface area contributed by atoms with Gasteiger partial charge in [-0.3, -0.25) is 9.59 Å². The summed E-state index contributed by atoms with van der Waals surface area (Å²) in [5, 5.41) is 8.79. The first-order valence-corrected chi connectivity index (χ1v) is 5.55. The highest BCUT2D eigenvalue weighted by molar-refractivity contribution is 5.96. The Hall–Kier alpha value is -2.35. The van der Waals surface area contributed by atoms with Gasteiger partial charge in [-0.2, -0.15) is 5.26 Å². The highest BCUT2D eigenvalue weighted by Crippen LogP contribution is 2.10. The van der Waals surface area contributed by atoms with Crippen LogP contribution in [-0.2, 0) is 4.79 Å². The smallest absolute Gasteiger partial charge is 0.254 e. The molecule has 0 atom stereocenters. The highest BCUT2D eigenvalue weighted by Gasteiger charge is 2.20. The van der Waals surface area contributed by atoms with Gasteiger partial charge >= 0.3 is 0 Å². The van der Waals surface area contributed by atoms with Crippen molar-refractivity contribution in [2.24, 2.45) is 5.73 Å². The van der Waals surface area contributed by atoms with Crippen LogP contribution in [0.25, 0.3) is 0 Å². The number of nitriles is 1. The molecule has 18 heavy (non-hydrogen) atoms. The highest BCUT2D eigenvalue weighted by atomic mass is 16.2. The molecule has 2 amide bonds. The van der Waals surface area contributed by atoms with Gasteiger partial charge in [-0.1, -0.05) is 6.07 Å². The Balaban J connectivity index is 3.02. The first-order valence-electron chi connectivity index (χ1n) is 5.55. The monoisotopic (exact) mass is 245 g/mol. The van der Waals surface area contributed by atoms with Crippen LogP contribution in [-0.4, -0.2) is 29.3 Å². The largest absolute Gasteiger partial charge is 0.368 e. The standard InChI is InChI=1S/C13H15N3O2/c1-9(2)16(8-12(15)17)13(18)11-5-3-4-10(6-11)7-14/h3-6,9H,8H2,1-2H3,(H2,15,17). The van der Waals surface area contributed by atoms with E-state index in [9.17, 15) is 9.59 Å². The molecule has 0 aliphatic carbocycles. The van der Waals surface area contributed by atoms with Crippen LogP contribution in [0.4, 0.5) is 0 Å². The number of primary amides is 1. The van der Waals surface area contributed by atoms with Crippen molar-refractivity contribution in [3.8, 4) is 6.07 Å². The van der Waals surface area contributed by atoms with Crippen LogP contribution in [0.3, 0.4) is 0 Å². The molecular weight excluding hydrogens is 230 g/mol. The average molecular weight is 245 g/mol. The van der Waals surface area contributed by atoms with E-state index in [-0.39, 0.29) is 18.5 Å². The van der Waals surface area contributed by atoms with Crippen molar-refractivity contribution in [3.05, 3.63) is 35.4 Å². The number of nitrogens with zero attached hydrogens (tertiary/aromatic N) is 2. The topological polar surface area (TPSA) is 87.2 Å². The van der Waals surface area contributed by atoms with Crippen molar-refractivity contribution in [2.45, 2.75) is 19.9 Å². The average Bonchev–Trinajstić information content (AvgIpc) is 2.34. The van der Waals surface area contributed by atoms with Gasteiger partial charge in [0.15, 0.2) is 0 Å². The number of carbonyl (C=O) groups excluding carboxylic acids is 2. The molecule has 0 aromatic heterocycles. The molecule has 1 aromatic carbocycles. The lowest BCUT2D eigenvalue weighted by Gasteiger charge is -2.25. The molecule has 0 saturated carbocycles. The maximum Gasteiger partial charge on any atom is 0.254 e. The van der Waals surface area contributed by atoms with Gasteiger partial charge in [-0.05, 0) is 32.0 Å². The third-order valence-electron chi connectivity index (χ3n) is 2.45. The molecule has 94 valence electrons. The summed E-state index contributed by atoms with van der Waals surface area (Å²) >= 11 is 0. The lowest BCUT2D eigenvalue weighted by Crippen LogP contribution is -2.42. The lowest BCUT2D eigenvalue weighted by molar-refractivity contribution is -0.119. The fraction of sp³-hybridized carbons (Fsp3) is 0.308. The van der Waals surface area contributed by atoms with Gasteiger partial charge < -0.3 is 10.6 Å². The van der Waals surface area contributed by atoms with Crippen LogP contribution in [0, 0.1) is 11.3 Å². The lowest BCUT2D eigenvalue weighted by atomic mass is 10.1. The molecule has 0 saturated heterocycles. The zero-order chi connectivity index (χ0) is 13.7. The number of nitrogens with two attached hydrogens (primary N) is 1. The van der Waals surface area contributed by atoms with Crippen molar-refractivity contribution in [1.29, 1.82) is 5.26 Å². The van der Waals surface area contributed by atoms with E-state index in [1.54, 1.807) is 32.0 Å². The van der Waals surface area contributed by atoms with Crippen molar-refractivity contribution in [3.63, 3.8) is 0 Å². The van der Waals surface area contributed by atoms with E-state index in [0.29, 0.717) is 11.1 Å². The van der Waals surface area contributed by atoms with E-state index in [1.807, 2.05) is 6.07 Å². The molecule has 0 radical (unpaired) electrons. The van der Waals surface area contributed by atoms with Crippen molar-refractivity contribution < 1.29 is 9.59 Å². The number of rotatable bonds is 4. The van der Waals surface area contributed by atoms with Gasteiger partial charge in [0.05, 0.1) is 18.2 Å². The molecule has 0 heterocycles. The molecule has 5 heteroatoms. The molecule has 0 aliphatic heterocycles. The van der Waals surface area contributed by atoms with Gasteiger partial charge in [0, 0.05) is 11.6 Å². The molecule has 0 spiro atoms. The van der Waals surface area contributed by atoms with E-state index in [1.165, 1.54) is 11.0 Å². The molecule has 1 rings (SSSR count). The first kappa shape index (κ1) is 13.7. The zero-order valence-electron chi connectivity index (χ0n) is 10.4. The van der Waals surface area contributed by atoms with Gasteiger partial charge in [-0.15, -0.1) is 0 Å². The Morgan fingerprint density at radius 3 is 2.61 bits per heavy atom. The molecule has 0 fully saturated rings. The minimum atomic E-state index is -0.562. The third-order valence-corrected chi connectivity index (χ3v) is 2.45. The molecule has 0 aliphatic rings. The van der Waals surface area contributed by atoms with E-state index in [2.05, 4.69) is 0 Å². The molecule has 5 nitrogen and oxygen atoms in total. The molecular formula is C13H15N3O2. The number of carbonyl (C=O) groups is 2. The molecule has 2 N–H and O–H groups in total. The Bertz CT molecular complexity index is 503. The summed E-state index contributed by atoms with van der Waals surface area (Å²) in [7, 11) is 0. The Labute approximate surface area is 106 Å². The summed E-state index contributed by atoms with van der Waals surface area (Å²) in [6.45, 7) is 3.47. The second-order valence-corrected chi connectivity index (χ2v) is 4.19. The summed E-state index contributed by atoms with van der Waals surface area (Å²) in [4.78, 5) is 24.5. The van der Waals surface area contributed by atoms with E-state index >= 15 is 0 Å². The van der Waals surface area contributed by atoms with Crippen LogP contribution in [0.2, 0.25) is 0 Å². The minimum Gasteiger partial charge on any atom is -0.368 e. The second-order valence-electron chi connectivity index (χ2n) is 4.19. The quantitative estimate of drug-likeness (QED) is 0.854. The minimum absolute atomic E-state index is 0.132. The summed E-state index contributed by atoms with van der Waals surface area (Å²) in [5.41, 5.74) is 5.90. The van der Waals surface area contributed by atoms with E-state index in [0.717, 1.165) is 0 Å². The van der Waals surface area contributed by atoms with Gasteiger partial charge in [0.1, 0.15) is 0 Å². The van der Waals surface area contributed by atoms with Crippen molar-refractivity contribution in [1.82, 2.24) is 4.90 Å². The number of amides is 2. The number of benzene rings is 1. The van der Waals surface area contributed by atoms with Crippen molar-refractivity contribution >= 4 is 11.8 Å².